The van der Waals surface area contributed by atoms with Crippen LogP contribution in [0.4, 0.5) is 5.82 Å². The van der Waals surface area contributed by atoms with Crippen molar-refractivity contribution in [1.82, 2.24) is 20.6 Å². The number of carbonyl (C=O) groups is 1. The summed E-state index contributed by atoms with van der Waals surface area (Å²) in [6.45, 7) is 5.33. The van der Waals surface area contributed by atoms with Gasteiger partial charge < -0.3 is 16.0 Å². The minimum atomic E-state index is -0.0841. The van der Waals surface area contributed by atoms with Crippen molar-refractivity contribution in [3.63, 3.8) is 0 Å². The minimum absolute atomic E-state index is 0.0841. The van der Waals surface area contributed by atoms with E-state index in [-0.39, 0.29) is 5.91 Å². The molecule has 0 radical (unpaired) electrons. The topological polar surface area (TPSA) is 91.3 Å². The number of aryl methyl sites for hydroxylation is 2. The van der Waals surface area contributed by atoms with Crippen LogP contribution in [0.25, 0.3) is 0 Å². The van der Waals surface area contributed by atoms with E-state index in [9.17, 15) is 4.79 Å². The van der Waals surface area contributed by atoms with Gasteiger partial charge in [0.15, 0.2) is 5.96 Å². The van der Waals surface area contributed by atoms with E-state index >= 15 is 0 Å². The first-order valence-electron chi connectivity index (χ1n) is 8.71. The molecule has 2 heterocycles. The van der Waals surface area contributed by atoms with Crippen LogP contribution in [0.15, 0.2) is 29.5 Å². The molecule has 26 heavy (non-hydrogen) atoms. The van der Waals surface area contributed by atoms with Crippen molar-refractivity contribution in [3.8, 4) is 0 Å². The molecule has 0 saturated heterocycles. The Balaban J connectivity index is 1.64. The van der Waals surface area contributed by atoms with Crippen LogP contribution >= 0.6 is 11.3 Å². The number of pyridine rings is 1. The van der Waals surface area contributed by atoms with E-state index in [1.54, 1.807) is 30.6 Å². The molecule has 2 aromatic heterocycles. The molecular weight excluding hydrogens is 348 g/mol. The number of nitrogens with one attached hydrogen (secondary N) is 3. The fourth-order valence-electron chi connectivity index (χ4n) is 2.18. The van der Waals surface area contributed by atoms with E-state index in [1.807, 2.05) is 19.2 Å². The van der Waals surface area contributed by atoms with E-state index in [1.165, 1.54) is 4.88 Å². The predicted octanol–water partition coefficient (Wildman–Crippen LogP) is 2.15. The molecule has 0 fully saturated rings. The Bertz CT molecular complexity index is 726. The van der Waals surface area contributed by atoms with Crippen LogP contribution in [0, 0.1) is 6.92 Å². The van der Waals surface area contributed by atoms with E-state index in [0.717, 1.165) is 30.0 Å². The summed E-state index contributed by atoms with van der Waals surface area (Å²) < 4.78 is 0. The van der Waals surface area contributed by atoms with Gasteiger partial charge in [-0.1, -0.05) is 13.0 Å². The Kier molecular flexibility index (Phi) is 8.01. The van der Waals surface area contributed by atoms with Crippen molar-refractivity contribution in [3.05, 3.63) is 40.0 Å². The lowest BCUT2D eigenvalue weighted by Gasteiger charge is -2.11. The number of carbonyl (C=O) groups excluding carboxylic acids is 1. The second-order valence-corrected chi connectivity index (χ2v) is 6.97. The average molecular weight is 375 g/mol. The van der Waals surface area contributed by atoms with Gasteiger partial charge >= 0.3 is 0 Å². The first kappa shape index (κ1) is 19.8. The van der Waals surface area contributed by atoms with Crippen LogP contribution in [0.1, 0.15) is 28.8 Å². The molecule has 0 aliphatic carbocycles. The molecule has 3 N–H and O–H groups in total. The maximum atomic E-state index is 11.9. The largest absolute Gasteiger partial charge is 0.356 e. The van der Waals surface area contributed by atoms with Gasteiger partial charge in [-0.05, 0) is 25.0 Å². The third-order valence-corrected chi connectivity index (χ3v) is 4.83. The number of aliphatic imine (C=N–C) groups is 1. The Labute approximate surface area is 158 Å². The monoisotopic (exact) mass is 374 g/mol. The van der Waals surface area contributed by atoms with E-state index in [4.69, 9.17) is 0 Å². The van der Waals surface area contributed by atoms with Crippen molar-refractivity contribution in [2.45, 2.75) is 33.1 Å². The highest BCUT2D eigenvalue weighted by Gasteiger charge is 2.05. The number of guanidine groups is 1. The molecule has 0 bridgehead atoms. The number of hydrogen-bond acceptors (Lipinski definition) is 5. The molecule has 0 atom stereocenters. The van der Waals surface area contributed by atoms with Gasteiger partial charge in [0.2, 0.25) is 5.91 Å². The zero-order valence-corrected chi connectivity index (χ0v) is 16.3. The third-order valence-electron chi connectivity index (χ3n) is 3.63. The smallest absolute Gasteiger partial charge is 0.227 e. The number of anilines is 1. The SMILES string of the molecule is CCc1cnc(CCNC(=NC)NCCC(=O)Nc2ccc(C)cn2)s1. The van der Waals surface area contributed by atoms with E-state index in [0.29, 0.717) is 24.7 Å². The molecule has 0 aliphatic heterocycles. The average Bonchev–Trinajstić information content (AvgIpc) is 3.10. The highest BCUT2D eigenvalue weighted by Crippen LogP contribution is 2.13. The van der Waals surface area contributed by atoms with Crippen LogP contribution in [0.2, 0.25) is 0 Å². The molecule has 0 aromatic carbocycles. The Morgan fingerprint density at radius 1 is 1.19 bits per heavy atom. The van der Waals surface area contributed by atoms with Gasteiger partial charge in [0, 0.05) is 50.2 Å². The lowest BCUT2D eigenvalue weighted by atomic mass is 10.3. The molecular formula is C18H26N6OS. The number of nitrogens with zero attached hydrogens (tertiary/aromatic N) is 3. The number of amides is 1. The van der Waals surface area contributed by atoms with Crippen LogP contribution in [-0.4, -0.2) is 42.0 Å². The molecule has 0 spiro atoms. The van der Waals surface area contributed by atoms with Crippen LogP contribution in [-0.2, 0) is 17.6 Å². The molecule has 0 saturated carbocycles. The van der Waals surface area contributed by atoms with Crippen molar-refractivity contribution < 1.29 is 4.79 Å². The Hall–Kier alpha value is -2.48. The van der Waals surface area contributed by atoms with Crippen molar-refractivity contribution in [2.24, 2.45) is 4.99 Å². The first-order chi connectivity index (χ1) is 12.6. The first-order valence-corrected chi connectivity index (χ1v) is 9.53. The lowest BCUT2D eigenvalue weighted by molar-refractivity contribution is -0.116. The van der Waals surface area contributed by atoms with Crippen molar-refractivity contribution >= 4 is 29.0 Å². The Morgan fingerprint density at radius 3 is 2.65 bits per heavy atom. The zero-order chi connectivity index (χ0) is 18.8. The molecule has 8 heteroatoms. The number of rotatable bonds is 8. The van der Waals surface area contributed by atoms with Gasteiger partial charge in [0.1, 0.15) is 5.82 Å². The summed E-state index contributed by atoms with van der Waals surface area (Å²) in [5.41, 5.74) is 1.06. The zero-order valence-electron chi connectivity index (χ0n) is 15.5. The minimum Gasteiger partial charge on any atom is -0.356 e. The van der Waals surface area contributed by atoms with Gasteiger partial charge in [-0.15, -0.1) is 11.3 Å². The summed E-state index contributed by atoms with van der Waals surface area (Å²) in [5.74, 6) is 1.16. The van der Waals surface area contributed by atoms with Gasteiger partial charge in [-0.3, -0.25) is 9.79 Å². The number of hydrogen-bond donors (Lipinski definition) is 3. The number of aromatic nitrogens is 2. The fourth-order valence-corrected chi connectivity index (χ4v) is 3.04. The highest BCUT2D eigenvalue weighted by atomic mass is 32.1. The normalized spacial score (nSPS) is 11.3. The summed E-state index contributed by atoms with van der Waals surface area (Å²) in [7, 11) is 1.71. The van der Waals surface area contributed by atoms with Crippen molar-refractivity contribution in [2.75, 3.05) is 25.5 Å². The van der Waals surface area contributed by atoms with Crippen LogP contribution in [0.5, 0.6) is 0 Å². The van der Waals surface area contributed by atoms with E-state index in [2.05, 4.69) is 37.8 Å². The quantitative estimate of drug-likeness (QED) is 0.486. The second-order valence-electron chi connectivity index (χ2n) is 5.77. The second kappa shape index (κ2) is 10.5. The summed E-state index contributed by atoms with van der Waals surface area (Å²) in [6, 6.07) is 3.71. The summed E-state index contributed by atoms with van der Waals surface area (Å²) >= 11 is 1.75. The molecule has 2 rings (SSSR count). The van der Waals surface area contributed by atoms with Crippen molar-refractivity contribution in [1.29, 1.82) is 0 Å². The van der Waals surface area contributed by atoms with Gasteiger partial charge in [-0.2, -0.15) is 0 Å². The molecule has 140 valence electrons. The summed E-state index contributed by atoms with van der Waals surface area (Å²) in [4.78, 5) is 26.0. The van der Waals surface area contributed by atoms with Gasteiger partial charge in [0.25, 0.3) is 0 Å². The molecule has 1 amide bonds. The molecule has 0 unspecified atom stereocenters. The fraction of sp³-hybridized carbons (Fsp3) is 0.444. The summed E-state index contributed by atoms with van der Waals surface area (Å²) in [6.07, 6.45) is 5.88. The molecule has 7 nitrogen and oxygen atoms in total. The molecule has 0 aliphatic rings. The van der Waals surface area contributed by atoms with E-state index < -0.39 is 0 Å². The molecule has 2 aromatic rings. The van der Waals surface area contributed by atoms with Crippen LogP contribution < -0.4 is 16.0 Å². The Morgan fingerprint density at radius 2 is 2.00 bits per heavy atom. The number of thiazole rings is 1. The lowest BCUT2D eigenvalue weighted by Crippen LogP contribution is -2.39. The highest BCUT2D eigenvalue weighted by molar-refractivity contribution is 7.11. The maximum absolute atomic E-state index is 11.9. The standard InChI is InChI=1S/C18H26N6OS/c1-4-14-12-23-17(26-14)8-10-21-18(19-3)20-9-7-16(25)24-15-6-5-13(2)11-22-15/h5-6,11-12H,4,7-10H2,1-3H3,(H2,19,20,21)(H,22,24,25). The maximum Gasteiger partial charge on any atom is 0.227 e. The predicted molar refractivity (Wildman–Crippen MR) is 107 cm³/mol. The van der Waals surface area contributed by atoms with Gasteiger partial charge in [-0.25, -0.2) is 9.97 Å². The van der Waals surface area contributed by atoms with Crippen LogP contribution in [0.3, 0.4) is 0 Å². The summed E-state index contributed by atoms with van der Waals surface area (Å²) in [5, 5.41) is 10.3. The third kappa shape index (κ3) is 6.79. The van der Waals surface area contributed by atoms with Gasteiger partial charge in [0.05, 0.1) is 5.01 Å².